The molecule has 0 N–H and O–H groups in total. The van der Waals surface area contributed by atoms with E-state index >= 15 is 0 Å². The lowest BCUT2D eigenvalue weighted by Gasteiger charge is -2.14. The average molecular weight is 136 g/mol. The maximum Gasteiger partial charge on any atom is 0.0843 e. The molecule has 2 fully saturated rings. The second-order valence-electron chi connectivity index (χ2n) is 3.82. The Kier molecular flexibility index (Phi) is 0.883. The van der Waals surface area contributed by atoms with Crippen molar-refractivity contribution >= 4 is 0 Å². The van der Waals surface area contributed by atoms with E-state index in [1.54, 1.807) is 0 Å². The first kappa shape index (κ1) is 5.36. The zero-order valence-electron chi connectivity index (χ0n) is 5.99. The van der Waals surface area contributed by atoms with Crippen molar-refractivity contribution < 1.29 is 4.74 Å². The molecule has 2 aliphatic carbocycles. The Morgan fingerprint density at radius 3 is 2.60 bits per heavy atom. The van der Waals surface area contributed by atoms with Gasteiger partial charge in [0.2, 0.25) is 0 Å². The molecule has 0 aromatic carbocycles. The predicted molar refractivity (Wildman–Crippen MR) is 38.6 cm³/mol. The van der Waals surface area contributed by atoms with E-state index in [1.807, 2.05) is 0 Å². The molecule has 0 spiro atoms. The molecule has 1 aliphatic heterocycles. The van der Waals surface area contributed by atoms with Gasteiger partial charge in [-0.05, 0) is 30.6 Å². The highest BCUT2D eigenvalue weighted by atomic mass is 16.6. The standard InChI is InChI=1S/C9H12O/c1-2-7-3-6(1)4-8(7)9-5-10-9/h1-2,6-9H,3-5H2. The number of rotatable bonds is 1. The van der Waals surface area contributed by atoms with Gasteiger partial charge in [-0.3, -0.25) is 0 Å². The van der Waals surface area contributed by atoms with Gasteiger partial charge in [0.15, 0.2) is 0 Å². The van der Waals surface area contributed by atoms with E-state index in [1.165, 1.54) is 12.8 Å². The van der Waals surface area contributed by atoms with Gasteiger partial charge in [-0.1, -0.05) is 12.2 Å². The van der Waals surface area contributed by atoms with Crippen LogP contribution < -0.4 is 0 Å². The summed E-state index contributed by atoms with van der Waals surface area (Å²) in [7, 11) is 0. The van der Waals surface area contributed by atoms with E-state index in [0.29, 0.717) is 6.10 Å². The molecule has 1 heteroatoms. The van der Waals surface area contributed by atoms with Crippen LogP contribution in [0.15, 0.2) is 12.2 Å². The Hall–Kier alpha value is -0.300. The molecule has 1 saturated carbocycles. The summed E-state index contributed by atoms with van der Waals surface area (Å²) >= 11 is 0. The number of hydrogen-bond donors (Lipinski definition) is 0. The lowest BCUT2D eigenvalue weighted by atomic mass is 9.91. The second kappa shape index (κ2) is 1.65. The largest absolute Gasteiger partial charge is 0.373 e. The first-order chi connectivity index (χ1) is 4.93. The van der Waals surface area contributed by atoms with Crippen LogP contribution in [-0.4, -0.2) is 12.7 Å². The fraction of sp³-hybridized carbons (Fsp3) is 0.778. The van der Waals surface area contributed by atoms with Crippen molar-refractivity contribution in [3.63, 3.8) is 0 Å². The molecule has 0 aromatic heterocycles. The third kappa shape index (κ3) is 0.615. The maximum absolute atomic E-state index is 5.31. The highest BCUT2D eigenvalue weighted by Gasteiger charge is 2.44. The van der Waals surface area contributed by atoms with Gasteiger partial charge in [0.05, 0.1) is 12.7 Å². The molecule has 1 nitrogen and oxygen atoms in total. The van der Waals surface area contributed by atoms with Crippen LogP contribution in [0.4, 0.5) is 0 Å². The molecule has 54 valence electrons. The van der Waals surface area contributed by atoms with Crippen LogP contribution in [0.3, 0.4) is 0 Å². The van der Waals surface area contributed by atoms with Crippen molar-refractivity contribution in [3.8, 4) is 0 Å². The molecule has 0 aromatic rings. The summed E-state index contributed by atoms with van der Waals surface area (Å²) in [5.41, 5.74) is 0. The van der Waals surface area contributed by atoms with E-state index < -0.39 is 0 Å². The van der Waals surface area contributed by atoms with Crippen LogP contribution in [0.25, 0.3) is 0 Å². The molecule has 3 aliphatic rings. The highest BCUT2D eigenvalue weighted by molar-refractivity contribution is 5.12. The molecule has 10 heavy (non-hydrogen) atoms. The summed E-state index contributed by atoms with van der Waals surface area (Å²) in [6.07, 6.45) is 8.28. The molecule has 2 bridgehead atoms. The topological polar surface area (TPSA) is 12.5 Å². The Morgan fingerprint density at radius 1 is 1.20 bits per heavy atom. The molecule has 1 saturated heterocycles. The molecule has 4 unspecified atom stereocenters. The minimum atomic E-state index is 0.653. The van der Waals surface area contributed by atoms with E-state index in [-0.39, 0.29) is 0 Å². The number of fused-ring (bicyclic) bond motifs is 2. The van der Waals surface area contributed by atoms with Gasteiger partial charge in [0.25, 0.3) is 0 Å². The molecular weight excluding hydrogens is 124 g/mol. The normalized spacial score (nSPS) is 56.0. The quantitative estimate of drug-likeness (QED) is 0.394. The summed E-state index contributed by atoms with van der Waals surface area (Å²) in [5.74, 6) is 2.70. The van der Waals surface area contributed by atoms with Crippen molar-refractivity contribution in [2.24, 2.45) is 17.8 Å². The van der Waals surface area contributed by atoms with Crippen LogP contribution in [0.1, 0.15) is 12.8 Å². The van der Waals surface area contributed by atoms with Crippen molar-refractivity contribution in [2.45, 2.75) is 18.9 Å². The predicted octanol–water partition coefficient (Wildman–Crippen LogP) is 1.60. The average Bonchev–Trinajstić information content (AvgIpc) is 2.60. The second-order valence-corrected chi connectivity index (χ2v) is 3.82. The Balaban J connectivity index is 1.83. The summed E-state index contributed by atoms with van der Waals surface area (Å²) in [6, 6.07) is 0. The Labute approximate surface area is 61.1 Å². The Bertz CT molecular complexity index is 181. The van der Waals surface area contributed by atoms with Gasteiger partial charge < -0.3 is 4.74 Å². The number of hydrogen-bond acceptors (Lipinski definition) is 1. The van der Waals surface area contributed by atoms with Gasteiger partial charge in [-0.15, -0.1) is 0 Å². The van der Waals surface area contributed by atoms with E-state index in [4.69, 9.17) is 4.74 Å². The molecule has 0 amide bonds. The Morgan fingerprint density at radius 2 is 2.10 bits per heavy atom. The fourth-order valence-electron chi connectivity index (χ4n) is 2.55. The smallest absolute Gasteiger partial charge is 0.0843 e. The molecular formula is C9H12O. The van der Waals surface area contributed by atoms with Gasteiger partial charge in [-0.2, -0.15) is 0 Å². The van der Waals surface area contributed by atoms with Crippen LogP contribution in [0.5, 0.6) is 0 Å². The van der Waals surface area contributed by atoms with Gasteiger partial charge in [0.1, 0.15) is 0 Å². The first-order valence-corrected chi connectivity index (χ1v) is 4.23. The highest BCUT2D eigenvalue weighted by Crippen LogP contribution is 2.47. The summed E-state index contributed by atoms with van der Waals surface area (Å²) in [5, 5.41) is 0. The summed E-state index contributed by atoms with van der Waals surface area (Å²) in [4.78, 5) is 0. The third-order valence-electron chi connectivity index (χ3n) is 3.17. The zero-order valence-corrected chi connectivity index (χ0v) is 5.99. The van der Waals surface area contributed by atoms with Crippen LogP contribution in [-0.2, 0) is 4.74 Å². The summed E-state index contributed by atoms with van der Waals surface area (Å²) < 4.78 is 5.31. The fourth-order valence-corrected chi connectivity index (χ4v) is 2.55. The van der Waals surface area contributed by atoms with E-state index in [9.17, 15) is 0 Å². The van der Waals surface area contributed by atoms with Crippen LogP contribution in [0.2, 0.25) is 0 Å². The maximum atomic E-state index is 5.31. The first-order valence-electron chi connectivity index (χ1n) is 4.23. The van der Waals surface area contributed by atoms with Crippen molar-refractivity contribution in [2.75, 3.05) is 6.61 Å². The SMILES string of the molecule is C1=CC2CC1CC2C1CO1. The number of ether oxygens (including phenoxy) is 1. The number of epoxide rings is 1. The van der Waals surface area contributed by atoms with E-state index in [0.717, 1.165) is 24.4 Å². The van der Waals surface area contributed by atoms with Gasteiger partial charge >= 0.3 is 0 Å². The third-order valence-corrected chi connectivity index (χ3v) is 3.17. The van der Waals surface area contributed by atoms with Gasteiger partial charge in [0, 0.05) is 0 Å². The molecule has 3 rings (SSSR count). The minimum Gasteiger partial charge on any atom is -0.373 e. The van der Waals surface area contributed by atoms with Crippen molar-refractivity contribution in [1.82, 2.24) is 0 Å². The van der Waals surface area contributed by atoms with Crippen molar-refractivity contribution in [3.05, 3.63) is 12.2 Å². The van der Waals surface area contributed by atoms with Crippen LogP contribution in [0, 0.1) is 17.8 Å². The summed E-state index contributed by atoms with van der Waals surface area (Å²) in [6.45, 7) is 1.04. The minimum absolute atomic E-state index is 0.653. The molecule has 4 atom stereocenters. The van der Waals surface area contributed by atoms with Crippen molar-refractivity contribution in [1.29, 1.82) is 0 Å². The zero-order chi connectivity index (χ0) is 6.55. The lowest BCUT2D eigenvalue weighted by molar-refractivity contribution is 0.298. The van der Waals surface area contributed by atoms with Crippen LogP contribution >= 0.6 is 0 Å². The van der Waals surface area contributed by atoms with E-state index in [2.05, 4.69) is 12.2 Å². The molecule has 1 heterocycles. The lowest BCUT2D eigenvalue weighted by Crippen LogP contribution is -2.13. The van der Waals surface area contributed by atoms with Gasteiger partial charge in [-0.25, -0.2) is 0 Å². The number of allylic oxidation sites excluding steroid dienone is 2. The molecule has 0 radical (unpaired) electrons. The monoisotopic (exact) mass is 136 g/mol.